The van der Waals surface area contributed by atoms with E-state index in [0.29, 0.717) is 30.0 Å². The number of likely N-dealkylation sites (N-methyl/N-ethyl adjacent to an activating group) is 1. The molecule has 8 nitrogen and oxygen atoms in total. The van der Waals surface area contributed by atoms with Crippen molar-refractivity contribution in [3.05, 3.63) is 83.7 Å². The number of nitrogens with zero attached hydrogens (tertiary/aromatic N) is 2. The van der Waals surface area contributed by atoms with Gasteiger partial charge in [-0.15, -0.1) is 0 Å². The maximum atomic E-state index is 14.0. The number of aromatic hydroxyl groups is 1. The number of carboxylic acids is 2. The lowest BCUT2D eigenvalue weighted by molar-refractivity contribution is -0.134. The number of allylic oxidation sites excluding steroid dienone is 1. The van der Waals surface area contributed by atoms with Crippen molar-refractivity contribution < 1.29 is 34.1 Å². The fraction of sp³-hybridized carbons (Fsp3) is 0.208. The fourth-order valence-electron chi connectivity index (χ4n) is 2.08. The Labute approximate surface area is 192 Å². The van der Waals surface area contributed by atoms with Gasteiger partial charge in [0.15, 0.2) is 0 Å². The lowest BCUT2D eigenvalue weighted by atomic mass is 10.1. The van der Waals surface area contributed by atoms with Crippen LogP contribution in [-0.4, -0.2) is 65.1 Å². The molecule has 2 aromatic carbocycles. The monoisotopic (exact) mass is 460 g/mol. The molecule has 0 aliphatic heterocycles. The number of phenols is 1. The summed E-state index contributed by atoms with van der Waals surface area (Å²) in [6.45, 7) is 1.13. The molecule has 2 aromatic rings. The van der Waals surface area contributed by atoms with Gasteiger partial charge in [0, 0.05) is 24.3 Å². The Balaban J connectivity index is 0.000000978. The number of carboxylic acid groups (broad SMARTS) is 2. The van der Waals surface area contributed by atoms with Crippen LogP contribution in [0.3, 0.4) is 0 Å². The number of carbonyl (C=O) groups is 2. The molecular weight excluding hydrogens is 431 g/mol. The molecular formula is C24H29FN2O6. The molecule has 0 heterocycles. The van der Waals surface area contributed by atoms with Gasteiger partial charge in [0.1, 0.15) is 23.9 Å². The second-order valence-electron chi connectivity index (χ2n) is 6.53. The summed E-state index contributed by atoms with van der Waals surface area (Å²) in [6.07, 6.45) is 4.60. The van der Waals surface area contributed by atoms with E-state index >= 15 is 0 Å². The molecule has 9 heteroatoms. The van der Waals surface area contributed by atoms with Crippen molar-refractivity contribution in [1.29, 1.82) is 0 Å². The fourth-order valence-corrected chi connectivity index (χ4v) is 2.08. The maximum Gasteiger partial charge on any atom is 0.328 e. The minimum Gasteiger partial charge on any atom is -0.508 e. The van der Waals surface area contributed by atoms with Crippen LogP contribution in [0.5, 0.6) is 5.75 Å². The Morgan fingerprint density at radius 1 is 1.00 bits per heavy atom. The third kappa shape index (κ3) is 13.1. The topological polar surface area (TPSA) is 120 Å². The van der Waals surface area contributed by atoms with Gasteiger partial charge in [-0.3, -0.25) is 0 Å². The summed E-state index contributed by atoms with van der Waals surface area (Å²) < 4.78 is 14.0. The zero-order valence-electron chi connectivity index (χ0n) is 17.7. The Morgan fingerprint density at radius 3 is 2.09 bits per heavy atom. The number of hydrogen-bond acceptors (Lipinski definition) is 6. The second kappa shape index (κ2) is 15.8. The van der Waals surface area contributed by atoms with E-state index in [2.05, 4.69) is 5.16 Å². The second-order valence-corrected chi connectivity index (χ2v) is 6.53. The Bertz CT molecular complexity index is 953. The van der Waals surface area contributed by atoms with Gasteiger partial charge in [0.2, 0.25) is 0 Å². The van der Waals surface area contributed by atoms with Crippen molar-refractivity contribution in [1.82, 2.24) is 4.90 Å². The number of aliphatic carboxylic acids is 2. The van der Waals surface area contributed by atoms with Gasteiger partial charge in [0.05, 0.1) is 0 Å². The summed E-state index contributed by atoms with van der Waals surface area (Å²) in [5.41, 5.74) is 1.64. The SMILES string of the molecule is C.CN(C)CCO/N=C(/C=C/c1ccc(O)cc1)c1ccccc1F.O=C(O)/C=C/C(=O)O. The van der Waals surface area contributed by atoms with Crippen LogP contribution in [0.15, 0.2) is 71.9 Å². The predicted molar refractivity (Wildman–Crippen MR) is 126 cm³/mol. The van der Waals surface area contributed by atoms with Gasteiger partial charge >= 0.3 is 11.9 Å². The van der Waals surface area contributed by atoms with Crippen LogP contribution in [0.1, 0.15) is 18.6 Å². The lowest BCUT2D eigenvalue weighted by Gasteiger charge is -2.08. The number of phenolic OH excluding ortho intramolecular Hbond substituents is 1. The van der Waals surface area contributed by atoms with Crippen LogP contribution in [0.4, 0.5) is 4.39 Å². The predicted octanol–water partition coefficient (Wildman–Crippen LogP) is 3.87. The first-order valence-corrected chi connectivity index (χ1v) is 9.39. The van der Waals surface area contributed by atoms with E-state index in [4.69, 9.17) is 15.1 Å². The molecule has 33 heavy (non-hydrogen) atoms. The molecule has 0 spiro atoms. The van der Waals surface area contributed by atoms with Crippen LogP contribution in [-0.2, 0) is 14.4 Å². The molecule has 0 bridgehead atoms. The highest BCUT2D eigenvalue weighted by molar-refractivity contribution is 6.10. The number of rotatable bonds is 9. The van der Waals surface area contributed by atoms with Crippen LogP contribution in [0.2, 0.25) is 0 Å². The Hall–Kier alpha value is -3.98. The normalized spacial score (nSPS) is 11.1. The van der Waals surface area contributed by atoms with Crippen molar-refractivity contribution in [3.63, 3.8) is 0 Å². The van der Waals surface area contributed by atoms with Gasteiger partial charge in [0.25, 0.3) is 0 Å². The van der Waals surface area contributed by atoms with Crippen LogP contribution >= 0.6 is 0 Å². The van der Waals surface area contributed by atoms with Crippen molar-refractivity contribution >= 4 is 23.7 Å². The molecule has 0 saturated carbocycles. The summed E-state index contributed by atoms with van der Waals surface area (Å²) in [4.78, 5) is 26.4. The zero-order valence-corrected chi connectivity index (χ0v) is 17.7. The number of halogens is 1. The van der Waals surface area contributed by atoms with Crippen LogP contribution < -0.4 is 0 Å². The highest BCUT2D eigenvalue weighted by Gasteiger charge is 2.07. The molecule has 0 atom stereocenters. The lowest BCUT2D eigenvalue weighted by Crippen LogP contribution is -2.17. The van der Waals surface area contributed by atoms with E-state index in [1.807, 2.05) is 19.0 Å². The molecule has 178 valence electrons. The molecule has 0 unspecified atom stereocenters. The summed E-state index contributed by atoms with van der Waals surface area (Å²) in [6, 6.07) is 13.1. The summed E-state index contributed by atoms with van der Waals surface area (Å²) in [5.74, 6) is -2.68. The van der Waals surface area contributed by atoms with E-state index in [1.165, 1.54) is 6.07 Å². The number of hydrogen-bond donors (Lipinski definition) is 3. The molecule has 3 N–H and O–H groups in total. The van der Waals surface area contributed by atoms with Gasteiger partial charge in [-0.25, -0.2) is 14.0 Å². The van der Waals surface area contributed by atoms with Crippen LogP contribution in [0.25, 0.3) is 6.08 Å². The average molecular weight is 461 g/mol. The highest BCUT2D eigenvalue weighted by atomic mass is 19.1. The minimum atomic E-state index is -1.26. The van der Waals surface area contributed by atoms with Crippen molar-refractivity contribution in [2.24, 2.45) is 5.16 Å². The quantitative estimate of drug-likeness (QED) is 0.225. The van der Waals surface area contributed by atoms with Crippen molar-refractivity contribution in [2.45, 2.75) is 7.43 Å². The minimum absolute atomic E-state index is 0. The summed E-state index contributed by atoms with van der Waals surface area (Å²) in [5, 5.41) is 29.0. The smallest absolute Gasteiger partial charge is 0.328 e. The Morgan fingerprint density at radius 2 is 1.58 bits per heavy atom. The first-order valence-electron chi connectivity index (χ1n) is 9.39. The van der Waals surface area contributed by atoms with E-state index in [1.54, 1.807) is 54.6 Å². The molecule has 0 aliphatic rings. The molecule has 0 aromatic heterocycles. The zero-order chi connectivity index (χ0) is 23.9. The largest absolute Gasteiger partial charge is 0.508 e. The van der Waals surface area contributed by atoms with Gasteiger partial charge in [-0.2, -0.15) is 0 Å². The van der Waals surface area contributed by atoms with E-state index in [-0.39, 0.29) is 19.0 Å². The third-order valence-corrected chi connectivity index (χ3v) is 3.64. The van der Waals surface area contributed by atoms with E-state index in [0.717, 1.165) is 12.1 Å². The van der Waals surface area contributed by atoms with E-state index < -0.39 is 11.9 Å². The number of oxime groups is 1. The molecule has 0 fully saturated rings. The highest BCUT2D eigenvalue weighted by Crippen LogP contribution is 2.13. The maximum absolute atomic E-state index is 14.0. The Kier molecular flexibility index (Phi) is 13.9. The van der Waals surface area contributed by atoms with Gasteiger partial charge in [-0.05, 0) is 50.0 Å². The average Bonchev–Trinajstić information content (AvgIpc) is 2.74. The number of benzene rings is 2. The molecule has 0 amide bonds. The molecule has 0 radical (unpaired) electrons. The van der Waals surface area contributed by atoms with Crippen LogP contribution in [0, 0.1) is 5.82 Å². The standard InChI is InChI=1S/C19H21FN2O2.C4H4O4.CH4/c1-22(2)13-14-24-21-19(17-5-3-4-6-18(17)20)12-9-15-7-10-16(23)11-8-15;5-3(6)1-2-4(7)8;/h3-12,23H,13-14H2,1-2H3;1-2H,(H,5,6)(H,7,8);1H4/b12-9+,21-19-;2-1+;. The van der Waals surface area contributed by atoms with Crippen molar-refractivity contribution in [2.75, 3.05) is 27.2 Å². The van der Waals surface area contributed by atoms with Gasteiger partial charge in [-0.1, -0.05) is 42.9 Å². The van der Waals surface area contributed by atoms with Crippen molar-refractivity contribution in [3.8, 4) is 5.75 Å². The first kappa shape index (κ1) is 29.0. The first-order chi connectivity index (χ1) is 15.2. The van der Waals surface area contributed by atoms with Gasteiger partial charge < -0.3 is 25.1 Å². The molecule has 0 aliphatic carbocycles. The summed E-state index contributed by atoms with van der Waals surface area (Å²) >= 11 is 0. The molecule has 0 saturated heterocycles. The molecule has 2 rings (SSSR count). The van der Waals surface area contributed by atoms with E-state index in [9.17, 15) is 19.1 Å². The third-order valence-electron chi connectivity index (χ3n) is 3.64. The summed E-state index contributed by atoms with van der Waals surface area (Å²) in [7, 11) is 3.88.